The molecule has 7 heteroatoms. The van der Waals surface area contributed by atoms with E-state index >= 15 is 0 Å². The number of quaternary nitrogens is 2. The maximum absolute atomic E-state index is 0. The third-order valence-corrected chi connectivity index (χ3v) is 0. The largest absolute Gasteiger partial charge is 0.369 e. The van der Waals surface area contributed by atoms with E-state index in [0.29, 0.717) is 0 Å². The first-order valence-electron chi connectivity index (χ1n) is 0. The number of hydrogen-bond acceptors (Lipinski definition) is 0. The van der Waals surface area contributed by atoms with E-state index in [1.807, 2.05) is 0 Å². The van der Waals surface area contributed by atoms with Crippen LogP contribution in [0, 0.1) is 0 Å². The Bertz CT molecular complexity index is 9.65. The molecule has 0 aromatic heterocycles. The smallest absolute Gasteiger partial charge is 0 e. The quantitative estimate of drug-likeness (QED) is 0.617. The summed E-state index contributed by atoms with van der Waals surface area (Å²) in [7, 11) is 0. The first-order valence-corrected chi connectivity index (χ1v) is 0. The van der Waals surface area contributed by atoms with E-state index in [1.54, 1.807) is 0 Å². The van der Waals surface area contributed by atoms with E-state index in [2.05, 4.69) is 0 Å². The molecule has 0 aliphatic heterocycles. The van der Waals surface area contributed by atoms with Gasteiger partial charge in [0.15, 0.2) is 0 Å². The zero-order chi connectivity index (χ0) is 0. The Morgan fingerprint density at radius 3 is 0.429 bits per heavy atom. The minimum Gasteiger partial charge on any atom is -0.369 e. The number of hydrogen-bond donors (Lipinski definition) is 2. The molecule has 2 nitrogen and oxygen atoms in total. The zero-order valence-electron chi connectivity index (χ0n) is 4.34. The Hall–Kier alpha value is 1.70. The molecule has 50 valence electrons. The van der Waals surface area contributed by atoms with Crippen molar-refractivity contribution in [2.45, 2.75) is 0 Å². The van der Waals surface area contributed by atoms with E-state index in [-0.39, 0.29) is 81.4 Å². The number of halogens is 4. The second-order valence-electron chi connectivity index (χ2n) is 0. The van der Waals surface area contributed by atoms with Gasteiger partial charge in [-0.1, -0.05) is 0 Å². The molecule has 0 aliphatic rings. The van der Waals surface area contributed by atoms with Crippen molar-refractivity contribution < 1.29 is 19.5 Å². The number of rotatable bonds is 0. The van der Waals surface area contributed by atoms with Gasteiger partial charge in [0, 0.05) is 19.5 Å². The van der Waals surface area contributed by atoms with E-state index in [1.165, 1.54) is 0 Å². The van der Waals surface area contributed by atoms with Gasteiger partial charge in [-0.2, -0.15) is 0 Å². The van der Waals surface area contributed by atoms with E-state index < -0.39 is 0 Å². The summed E-state index contributed by atoms with van der Waals surface area (Å²) in [4.78, 5) is 0. The molecule has 0 heterocycles. The van der Waals surface area contributed by atoms with Crippen molar-refractivity contribution in [1.29, 1.82) is 0 Å². The Kier molecular flexibility index (Phi) is 3030. The minimum absolute atomic E-state index is 0. The molecule has 0 amide bonds. The van der Waals surface area contributed by atoms with Gasteiger partial charge in [-0.05, 0) is 0 Å². The summed E-state index contributed by atoms with van der Waals surface area (Å²) in [6, 6.07) is 0. The molecule has 0 aromatic carbocycles. The van der Waals surface area contributed by atoms with Gasteiger partial charge >= 0.3 is 0 Å². The van der Waals surface area contributed by atoms with Crippen molar-refractivity contribution in [3.63, 3.8) is 0 Å². The van der Waals surface area contributed by atoms with Gasteiger partial charge in [0.05, 0.1) is 0 Å². The van der Waals surface area contributed by atoms with Gasteiger partial charge in [0.25, 0.3) is 0 Å². The molecular formula is H12Cl4N2Zn+2. The molecule has 0 unspecified atom stereocenters. The van der Waals surface area contributed by atoms with E-state index in [4.69, 9.17) is 0 Å². The standard InChI is InChI=1S/4ClH.2H3N.Zn/h4*1H;2*1H3;/p+2. The van der Waals surface area contributed by atoms with Gasteiger partial charge < -0.3 is 12.3 Å². The zero-order valence-corrected chi connectivity index (χ0v) is 10.6. The summed E-state index contributed by atoms with van der Waals surface area (Å²) in [5, 5.41) is 0. The molecule has 0 aromatic rings. The molecule has 0 rings (SSSR count). The van der Waals surface area contributed by atoms with Gasteiger partial charge in [-0.3, -0.25) is 0 Å². The van der Waals surface area contributed by atoms with Crippen LogP contribution in [0.3, 0.4) is 0 Å². The molecular weight excluding hydrogens is 235 g/mol. The van der Waals surface area contributed by atoms with Crippen molar-refractivity contribution in [2.24, 2.45) is 0 Å². The summed E-state index contributed by atoms with van der Waals surface area (Å²) < 4.78 is 0. The Morgan fingerprint density at radius 2 is 0.429 bits per heavy atom. The molecule has 0 saturated carbocycles. The fourth-order valence-corrected chi connectivity index (χ4v) is 0. The summed E-state index contributed by atoms with van der Waals surface area (Å²) in [6.07, 6.45) is 0. The SMILES string of the molecule is Cl.Cl.Cl.Cl.[NH4+].[NH4+].[Zn]. The average Bonchev–Trinajstić information content (AvgIpc) is 0. The van der Waals surface area contributed by atoms with Crippen molar-refractivity contribution in [1.82, 2.24) is 12.3 Å². The molecule has 0 spiro atoms. The van der Waals surface area contributed by atoms with E-state index in [0.717, 1.165) is 0 Å². The van der Waals surface area contributed by atoms with Crippen LogP contribution in [0.1, 0.15) is 0 Å². The summed E-state index contributed by atoms with van der Waals surface area (Å²) in [6.45, 7) is 0. The van der Waals surface area contributed by atoms with Gasteiger partial charge in [-0.15, -0.1) is 49.6 Å². The molecule has 8 N–H and O–H groups in total. The normalized spacial score (nSPS) is 0. The fourth-order valence-electron chi connectivity index (χ4n) is 0. The van der Waals surface area contributed by atoms with Crippen LogP contribution in [0.25, 0.3) is 0 Å². The second kappa shape index (κ2) is 119. The van der Waals surface area contributed by atoms with Gasteiger partial charge in [0.2, 0.25) is 0 Å². The summed E-state index contributed by atoms with van der Waals surface area (Å²) >= 11 is 0. The van der Waals surface area contributed by atoms with Crippen LogP contribution in [0.2, 0.25) is 0 Å². The van der Waals surface area contributed by atoms with Crippen LogP contribution < -0.4 is 12.3 Å². The molecule has 0 saturated heterocycles. The van der Waals surface area contributed by atoms with Crippen molar-refractivity contribution in [2.75, 3.05) is 0 Å². The van der Waals surface area contributed by atoms with Crippen LogP contribution in [-0.2, 0) is 19.5 Å². The molecule has 0 fully saturated rings. The monoisotopic (exact) mass is 244 g/mol. The topological polar surface area (TPSA) is 73.0 Å². The van der Waals surface area contributed by atoms with E-state index in [9.17, 15) is 0 Å². The molecule has 0 aliphatic carbocycles. The molecule has 0 bridgehead atoms. The Balaban J connectivity index is 0. The maximum atomic E-state index is 0. The average molecular weight is 247 g/mol. The van der Waals surface area contributed by atoms with Crippen LogP contribution in [-0.4, -0.2) is 0 Å². The minimum atomic E-state index is 0. The maximum Gasteiger partial charge on any atom is 0 e. The molecule has 0 atom stereocenters. The van der Waals surface area contributed by atoms with Crippen molar-refractivity contribution >= 4 is 49.6 Å². The van der Waals surface area contributed by atoms with Crippen LogP contribution >= 0.6 is 49.6 Å². The fraction of sp³-hybridized carbons (Fsp3) is 0. The Labute approximate surface area is 81.1 Å². The predicted molar refractivity (Wildman–Crippen MR) is 41.0 cm³/mol. The van der Waals surface area contributed by atoms with Crippen molar-refractivity contribution in [3.8, 4) is 0 Å². The molecule has 0 radical (unpaired) electrons. The summed E-state index contributed by atoms with van der Waals surface area (Å²) in [5.41, 5.74) is 0. The van der Waals surface area contributed by atoms with Crippen LogP contribution in [0.15, 0.2) is 0 Å². The first kappa shape index (κ1) is 178. The third kappa shape index (κ3) is 86.4. The molecule has 7 heavy (non-hydrogen) atoms. The predicted octanol–water partition coefficient (Wildman–Crippen LogP) is 2.44. The van der Waals surface area contributed by atoms with Gasteiger partial charge in [0.1, 0.15) is 0 Å². The van der Waals surface area contributed by atoms with Crippen molar-refractivity contribution in [3.05, 3.63) is 0 Å². The second-order valence-corrected chi connectivity index (χ2v) is 0. The van der Waals surface area contributed by atoms with Crippen LogP contribution in [0.4, 0.5) is 0 Å². The van der Waals surface area contributed by atoms with Crippen LogP contribution in [0.5, 0.6) is 0 Å². The van der Waals surface area contributed by atoms with Gasteiger partial charge in [-0.25, -0.2) is 0 Å². The summed E-state index contributed by atoms with van der Waals surface area (Å²) in [5.74, 6) is 0. The first-order chi connectivity index (χ1) is 0. The third-order valence-electron chi connectivity index (χ3n) is 0. The Morgan fingerprint density at radius 1 is 0.429 bits per heavy atom.